The number of ether oxygens (including phenoxy) is 1. The van der Waals surface area contributed by atoms with Gasteiger partial charge in [-0.15, -0.1) is 0 Å². The van der Waals surface area contributed by atoms with Gasteiger partial charge in [-0.25, -0.2) is 4.79 Å². The van der Waals surface area contributed by atoms with Crippen molar-refractivity contribution in [3.63, 3.8) is 0 Å². The average Bonchev–Trinajstić information content (AvgIpc) is 2.90. The van der Waals surface area contributed by atoms with E-state index in [2.05, 4.69) is 21.2 Å². The summed E-state index contributed by atoms with van der Waals surface area (Å²) in [4.78, 5) is 22.7. The van der Waals surface area contributed by atoms with Gasteiger partial charge in [-0.3, -0.25) is 4.79 Å². The summed E-state index contributed by atoms with van der Waals surface area (Å²) in [7, 11) is 0. The third-order valence-electron chi connectivity index (χ3n) is 3.31. The molecule has 2 N–H and O–H groups in total. The van der Waals surface area contributed by atoms with Crippen molar-refractivity contribution in [2.75, 3.05) is 0 Å². The second-order valence-electron chi connectivity index (χ2n) is 4.79. The van der Waals surface area contributed by atoms with Gasteiger partial charge < -0.3 is 15.2 Å². The highest BCUT2D eigenvalue weighted by atomic mass is 79.9. The number of nitrogens with one attached hydrogen (secondary N) is 1. The molecule has 0 aliphatic carbocycles. The number of carboxylic acids is 1. The van der Waals surface area contributed by atoms with Crippen LogP contribution in [0.4, 0.5) is 0 Å². The van der Waals surface area contributed by atoms with Crippen LogP contribution in [0.2, 0.25) is 0 Å². The van der Waals surface area contributed by atoms with Crippen molar-refractivity contribution >= 4 is 27.8 Å². The molecule has 108 valence electrons. The third-order valence-corrected chi connectivity index (χ3v) is 4.45. The molecule has 1 heterocycles. The lowest BCUT2D eigenvalue weighted by Gasteiger charge is -2.13. The zero-order chi connectivity index (χ0) is 14.7. The zero-order valence-electron chi connectivity index (χ0n) is 11.1. The summed E-state index contributed by atoms with van der Waals surface area (Å²) in [5.41, 5.74) is 2.07. The summed E-state index contributed by atoms with van der Waals surface area (Å²) < 4.78 is 6.17. The minimum atomic E-state index is -1.01. The lowest BCUT2D eigenvalue weighted by atomic mass is 10.1. The standard InChI is InChI=1S/C14H16BrNO4/c1-8-3-2-4-9(12(8)15)7-16-13(17)10-5-6-11(20-10)14(18)19/h2-4,10-11H,5-7H2,1H3,(H,16,17)(H,18,19)/t10-,11+/m0/s1. The van der Waals surface area contributed by atoms with E-state index < -0.39 is 18.2 Å². The highest BCUT2D eigenvalue weighted by Gasteiger charge is 2.34. The molecule has 2 rings (SSSR count). The molecule has 1 amide bonds. The molecule has 0 spiro atoms. The highest BCUT2D eigenvalue weighted by Crippen LogP contribution is 2.22. The Hall–Kier alpha value is -1.40. The molecule has 0 saturated carbocycles. The van der Waals surface area contributed by atoms with Gasteiger partial charge in [-0.2, -0.15) is 0 Å². The summed E-state index contributed by atoms with van der Waals surface area (Å²) >= 11 is 3.48. The van der Waals surface area contributed by atoms with Gasteiger partial charge in [-0.1, -0.05) is 34.1 Å². The molecule has 1 aliphatic heterocycles. The Morgan fingerprint density at radius 1 is 1.40 bits per heavy atom. The Kier molecular flexibility index (Phi) is 4.77. The smallest absolute Gasteiger partial charge is 0.332 e. The summed E-state index contributed by atoms with van der Waals surface area (Å²) in [6.07, 6.45) is -0.713. The first kappa shape index (κ1) is 15.0. The maximum Gasteiger partial charge on any atom is 0.332 e. The summed E-state index contributed by atoms with van der Waals surface area (Å²) in [5, 5.41) is 11.6. The largest absolute Gasteiger partial charge is 0.479 e. The molecule has 0 bridgehead atoms. The molecule has 6 heteroatoms. The molecule has 1 aromatic carbocycles. The fourth-order valence-corrected chi connectivity index (χ4v) is 2.56. The first-order valence-electron chi connectivity index (χ1n) is 6.39. The number of aliphatic carboxylic acids is 1. The van der Waals surface area contributed by atoms with Crippen molar-refractivity contribution in [1.82, 2.24) is 5.32 Å². The second kappa shape index (κ2) is 6.37. The van der Waals surface area contributed by atoms with Crippen LogP contribution >= 0.6 is 15.9 Å². The molecule has 20 heavy (non-hydrogen) atoms. The van der Waals surface area contributed by atoms with E-state index in [9.17, 15) is 9.59 Å². The lowest BCUT2D eigenvalue weighted by Crippen LogP contribution is -2.35. The molecular weight excluding hydrogens is 326 g/mol. The van der Waals surface area contributed by atoms with Gasteiger partial charge in [0.1, 0.15) is 6.10 Å². The minimum absolute atomic E-state index is 0.262. The molecule has 0 radical (unpaired) electrons. The molecule has 2 atom stereocenters. The van der Waals surface area contributed by atoms with Gasteiger partial charge in [0.2, 0.25) is 5.91 Å². The van der Waals surface area contributed by atoms with Gasteiger partial charge in [0, 0.05) is 11.0 Å². The molecule has 0 unspecified atom stereocenters. The Balaban J connectivity index is 1.90. The quantitative estimate of drug-likeness (QED) is 0.878. The van der Waals surface area contributed by atoms with Crippen LogP contribution in [0.5, 0.6) is 0 Å². The summed E-state index contributed by atoms with van der Waals surface area (Å²) in [5.74, 6) is -1.27. The van der Waals surface area contributed by atoms with E-state index in [1.807, 2.05) is 25.1 Å². The van der Waals surface area contributed by atoms with Crippen LogP contribution in [0.15, 0.2) is 22.7 Å². The van der Waals surface area contributed by atoms with Gasteiger partial charge in [0.15, 0.2) is 6.10 Å². The van der Waals surface area contributed by atoms with Crippen LogP contribution in [-0.4, -0.2) is 29.2 Å². The SMILES string of the molecule is Cc1cccc(CNC(=O)[C@@H]2CC[C@H](C(=O)O)O2)c1Br. The number of carbonyl (C=O) groups is 2. The van der Waals surface area contributed by atoms with Crippen LogP contribution < -0.4 is 5.32 Å². The molecule has 1 aliphatic rings. The predicted molar refractivity (Wildman–Crippen MR) is 76.3 cm³/mol. The van der Waals surface area contributed by atoms with Crippen molar-refractivity contribution < 1.29 is 19.4 Å². The first-order valence-corrected chi connectivity index (χ1v) is 7.18. The number of carboxylic acid groups (broad SMARTS) is 1. The lowest BCUT2D eigenvalue weighted by molar-refractivity contribution is -0.151. The normalized spacial score (nSPS) is 21.7. The average molecular weight is 342 g/mol. The number of aryl methyl sites for hydroxylation is 1. The number of hydrogen-bond acceptors (Lipinski definition) is 3. The minimum Gasteiger partial charge on any atom is -0.479 e. The number of halogens is 1. The van der Waals surface area contributed by atoms with Gasteiger partial charge in [0.05, 0.1) is 0 Å². The molecule has 1 fully saturated rings. The van der Waals surface area contributed by atoms with Crippen molar-refractivity contribution in [3.8, 4) is 0 Å². The second-order valence-corrected chi connectivity index (χ2v) is 5.59. The first-order chi connectivity index (χ1) is 9.49. The van der Waals surface area contributed by atoms with Crippen molar-refractivity contribution in [2.24, 2.45) is 0 Å². The molecule has 1 saturated heterocycles. The number of benzene rings is 1. The molecule has 5 nitrogen and oxygen atoms in total. The van der Waals surface area contributed by atoms with Gasteiger partial charge >= 0.3 is 5.97 Å². The van der Waals surface area contributed by atoms with E-state index in [1.54, 1.807) is 0 Å². The van der Waals surface area contributed by atoms with Crippen molar-refractivity contribution in [2.45, 2.75) is 38.5 Å². The Morgan fingerprint density at radius 2 is 2.10 bits per heavy atom. The Labute approximate surface area is 125 Å². The summed E-state index contributed by atoms with van der Waals surface area (Å²) in [6.45, 7) is 2.37. The van der Waals surface area contributed by atoms with Crippen LogP contribution in [0.1, 0.15) is 24.0 Å². The molecule has 1 aromatic rings. The Bertz CT molecular complexity index is 532. The number of rotatable bonds is 4. The third kappa shape index (κ3) is 3.37. The van der Waals surface area contributed by atoms with E-state index in [-0.39, 0.29) is 5.91 Å². The monoisotopic (exact) mass is 341 g/mol. The predicted octanol–water partition coefficient (Wildman–Crippen LogP) is 2.01. The van der Waals surface area contributed by atoms with E-state index in [0.29, 0.717) is 19.4 Å². The summed E-state index contributed by atoms with van der Waals surface area (Å²) in [6, 6.07) is 5.83. The van der Waals surface area contributed by atoms with E-state index in [1.165, 1.54) is 0 Å². The number of amides is 1. The van der Waals surface area contributed by atoms with Crippen molar-refractivity contribution in [1.29, 1.82) is 0 Å². The fourth-order valence-electron chi connectivity index (χ4n) is 2.15. The van der Waals surface area contributed by atoms with E-state index in [0.717, 1.165) is 15.6 Å². The molecular formula is C14H16BrNO4. The van der Waals surface area contributed by atoms with Crippen molar-refractivity contribution in [3.05, 3.63) is 33.8 Å². The highest BCUT2D eigenvalue weighted by molar-refractivity contribution is 9.10. The number of hydrogen-bond donors (Lipinski definition) is 2. The molecule has 0 aromatic heterocycles. The number of carbonyl (C=O) groups excluding carboxylic acids is 1. The Morgan fingerprint density at radius 3 is 2.75 bits per heavy atom. The van der Waals surface area contributed by atoms with Crippen LogP contribution in [0.3, 0.4) is 0 Å². The van der Waals surface area contributed by atoms with E-state index in [4.69, 9.17) is 9.84 Å². The van der Waals surface area contributed by atoms with Crippen LogP contribution in [0.25, 0.3) is 0 Å². The zero-order valence-corrected chi connectivity index (χ0v) is 12.6. The van der Waals surface area contributed by atoms with Gasteiger partial charge in [0.25, 0.3) is 0 Å². The topological polar surface area (TPSA) is 75.6 Å². The maximum absolute atomic E-state index is 11.9. The maximum atomic E-state index is 11.9. The van der Waals surface area contributed by atoms with E-state index >= 15 is 0 Å². The van der Waals surface area contributed by atoms with Gasteiger partial charge in [-0.05, 0) is 30.9 Å². The van der Waals surface area contributed by atoms with Crippen LogP contribution in [-0.2, 0) is 20.9 Å². The van der Waals surface area contributed by atoms with Crippen LogP contribution in [0, 0.1) is 6.92 Å². The fraction of sp³-hybridized carbons (Fsp3) is 0.429.